The maximum absolute atomic E-state index is 5.86. The molecule has 0 radical (unpaired) electrons. The molecule has 0 aromatic rings. The van der Waals surface area contributed by atoms with Crippen molar-refractivity contribution in [2.24, 2.45) is 17.2 Å². The fraction of sp³-hybridized carbons (Fsp3) is 1.00. The quantitative estimate of drug-likeness (QED) is 0.665. The molecule has 1 heterocycles. The van der Waals surface area contributed by atoms with Gasteiger partial charge in [-0.3, -0.25) is 5.84 Å². The highest BCUT2D eigenvalue weighted by atomic mass is 16.5. The third-order valence-corrected chi connectivity index (χ3v) is 3.71. The van der Waals surface area contributed by atoms with E-state index in [0.717, 1.165) is 26.3 Å². The minimum absolute atomic E-state index is 0.532. The molecule has 3 heteroatoms. The number of hydrogen-bond acceptors (Lipinski definition) is 3. The van der Waals surface area contributed by atoms with Gasteiger partial charge in [0.15, 0.2) is 0 Å². The van der Waals surface area contributed by atoms with Crippen LogP contribution in [0.3, 0.4) is 0 Å². The molecular weight excluding hydrogens is 164 g/mol. The maximum Gasteiger partial charge on any atom is 0.0512 e. The summed E-state index contributed by atoms with van der Waals surface area (Å²) in [6.45, 7) is 5.91. The van der Waals surface area contributed by atoms with Crippen LogP contribution in [0.4, 0.5) is 0 Å². The van der Waals surface area contributed by atoms with Crippen molar-refractivity contribution in [2.75, 3.05) is 26.3 Å². The molecule has 1 aliphatic heterocycles. The van der Waals surface area contributed by atoms with Crippen LogP contribution in [-0.4, -0.2) is 31.3 Å². The first-order valence-electron chi connectivity index (χ1n) is 5.34. The molecule has 0 bridgehead atoms. The molecule has 13 heavy (non-hydrogen) atoms. The summed E-state index contributed by atoms with van der Waals surface area (Å²) in [6.07, 6.45) is 4.10. The summed E-state index contributed by atoms with van der Waals surface area (Å²) in [4.78, 5) is 0. The maximum atomic E-state index is 5.86. The highest BCUT2D eigenvalue weighted by Gasteiger charge is 2.49. The Bertz CT molecular complexity index is 180. The number of ether oxygens (including phenoxy) is 1. The molecule has 1 saturated heterocycles. The van der Waals surface area contributed by atoms with E-state index in [0.29, 0.717) is 11.3 Å². The van der Waals surface area contributed by atoms with Gasteiger partial charge in [-0.05, 0) is 25.2 Å². The molecule has 0 aromatic carbocycles. The van der Waals surface area contributed by atoms with Crippen LogP contribution in [0, 0.1) is 11.3 Å². The van der Waals surface area contributed by atoms with Crippen LogP contribution in [0.25, 0.3) is 0 Å². The van der Waals surface area contributed by atoms with E-state index in [4.69, 9.17) is 10.6 Å². The lowest BCUT2D eigenvalue weighted by Gasteiger charge is -2.42. The summed E-state index contributed by atoms with van der Waals surface area (Å²) in [5, 5.41) is 1.98. The largest absolute Gasteiger partial charge is 0.381 e. The molecule has 0 amide bonds. The predicted octanol–water partition coefficient (Wildman–Crippen LogP) is 0.999. The van der Waals surface area contributed by atoms with Crippen LogP contribution in [0.1, 0.15) is 26.2 Å². The van der Waals surface area contributed by atoms with E-state index in [-0.39, 0.29) is 0 Å². The lowest BCUT2D eigenvalue weighted by Crippen LogP contribution is -2.39. The third kappa shape index (κ3) is 1.60. The fourth-order valence-electron chi connectivity index (χ4n) is 2.76. The van der Waals surface area contributed by atoms with E-state index < -0.39 is 0 Å². The Hall–Kier alpha value is -0.120. The summed E-state index contributed by atoms with van der Waals surface area (Å²) < 4.78 is 5.51. The zero-order chi connectivity index (χ0) is 9.31. The van der Waals surface area contributed by atoms with Crippen molar-refractivity contribution >= 4 is 0 Å². The van der Waals surface area contributed by atoms with Gasteiger partial charge in [0.05, 0.1) is 6.61 Å². The van der Waals surface area contributed by atoms with Crippen molar-refractivity contribution in [3.63, 3.8) is 0 Å². The zero-order valence-corrected chi connectivity index (χ0v) is 8.46. The van der Waals surface area contributed by atoms with Crippen molar-refractivity contribution in [3.8, 4) is 0 Å². The average Bonchev–Trinajstić information content (AvgIpc) is 2.38. The highest BCUT2D eigenvalue weighted by molar-refractivity contribution is 5.00. The molecule has 2 rings (SSSR count). The molecule has 2 aliphatic rings. The second-order valence-corrected chi connectivity index (χ2v) is 4.50. The fourth-order valence-corrected chi connectivity index (χ4v) is 2.76. The Morgan fingerprint density at radius 3 is 2.85 bits per heavy atom. The van der Waals surface area contributed by atoms with Gasteiger partial charge in [-0.2, -0.15) is 0 Å². The highest BCUT2D eigenvalue weighted by Crippen LogP contribution is 2.50. The first-order chi connectivity index (χ1) is 6.27. The molecule has 0 aromatic heterocycles. The summed E-state index contributed by atoms with van der Waals surface area (Å²) in [5.74, 6) is 6.55. The number of hydrazine groups is 1. The molecule has 76 valence electrons. The molecule has 3 nitrogen and oxygen atoms in total. The molecule has 1 unspecified atom stereocenters. The first kappa shape index (κ1) is 9.44. The standard InChI is InChI=1S/C10H20N2O/c1-2-13-7-9-6-12(11)8-10(9)4-3-5-10/h9H,2-8,11H2,1H3. The molecule has 1 atom stereocenters. The van der Waals surface area contributed by atoms with Crippen LogP contribution in [0.5, 0.6) is 0 Å². The van der Waals surface area contributed by atoms with Crippen molar-refractivity contribution in [3.05, 3.63) is 0 Å². The molecule has 1 aliphatic carbocycles. The normalized spacial score (nSPS) is 32.3. The van der Waals surface area contributed by atoms with Crippen molar-refractivity contribution in [1.82, 2.24) is 5.01 Å². The number of rotatable bonds is 3. The SMILES string of the molecule is CCOCC1CN(N)CC12CCC2. The summed E-state index contributed by atoms with van der Waals surface area (Å²) in [5.41, 5.74) is 0.532. The van der Waals surface area contributed by atoms with Gasteiger partial charge in [-0.15, -0.1) is 0 Å². The minimum atomic E-state index is 0.532. The first-order valence-corrected chi connectivity index (χ1v) is 5.34. The van der Waals surface area contributed by atoms with Gasteiger partial charge in [0.1, 0.15) is 0 Å². The summed E-state index contributed by atoms with van der Waals surface area (Å²) in [7, 11) is 0. The molecule has 1 spiro atoms. The average molecular weight is 184 g/mol. The van der Waals surface area contributed by atoms with Crippen molar-refractivity contribution < 1.29 is 4.74 Å². The minimum Gasteiger partial charge on any atom is -0.381 e. The molecule has 2 fully saturated rings. The van der Waals surface area contributed by atoms with Gasteiger partial charge in [-0.1, -0.05) is 6.42 Å². The van der Waals surface area contributed by atoms with Crippen molar-refractivity contribution in [1.29, 1.82) is 0 Å². The molecule has 1 saturated carbocycles. The van der Waals surface area contributed by atoms with Crippen LogP contribution in [0.15, 0.2) is 0 Å². The van der Waals surface area contributed by atoms with Gasteiger partial charge in [-0.25, -0.2) is 5.01 Å². The Kier molecular flexibility index (Phi) is 2.58. The summed E-state index contributed by atoms with van der Waals surface area (Å²) in [6, 6.07) is 0. The van der Waals surface area contributed by atoms with Gasteiger partial charge >= 0.3 is 0 Å². The van der Waals surface area contributed by atoms with E-state index in [1.807, 2.05) is 5.01 Å². The zero-order valence-electron chi connectivity index (χ0n) is 8.46. The number of hydrogen-bond donors (Lipinski definition) is 1. The van der Waals surface area contributed by atoms with E-state index >= 15 is 0 Å². The van der Waals surface area contributed by atoms with Gasteiger partial charge < -0.3 is 4.74 Å². The lowest BCUT2D eigenvalue weighted by molar-refractivity contribution is 0.0223. The smallest absolute Gasteiger partial charge is 0.0512 e. The Balaban J connectivity index is 1.92. The number of nitrogens with zero attached hydrogens (tertiary/aromatic N) is 1. The van der Waals surface area contributed by atoms with E-state index in [1.54, 1.807) is 0 Å². The van der Waals surface area contributed by atoms with Crippen LogP contribution in [0.2, 0.25) is 0 Å². The Labute approximate surface area is 80.2 Å². The Morgan fingerprint density at radius 2 is 2.31 bits per heavy atom. The lowest BCUT2D eigenvalue weighted by atomic mass is 9.63. The van der Waals surface area contributed by atoms with Gasteiger partial charge in [0.2, 0.25) is 0 Å². The van der Waals surface area contributed by atoms with Crippen molar-refractivity contribution in [2.45, 2.75) is 26.2 Å². The van der Waals surface area contributed by atoms with Gasteiger partial charge in [0.25, 0.3) is 0 Å². The molecular formula is C10H20N2O. The predicted molar refractivity (Wildman–Crippen MR) is 52.0 cm³/mol. The van der Waals surface area contributed by atoms with Crippen LogP contribution in [-0.2, 0) is 4.74 Å². The second kappa shape index (κ2) is 3.56. The monoisotopic (exact) mass is 184 g/mol. The van der Waals surface area contributed by atoms with Crippen LogP contribution < -0.4 is 5.84 Å². The second-order valence-electron chi connectivity index (χ2n) is 4.50. The Morgan fingerprint density at radius 1 is 1.54 bits per heavy atom. The molecule has 2 N–H and O–H groups in total. The third-order valence-electron chi connectivity index (χ3n) is 3.71. The number of nitrogens with two attached hydrogens (primary N) is 1. The van der Waals surface area contributed by atoms with E-state index in [9.17, 15) is 0 Å². The van der Waals surface area contributed by atoms with Crippen LogP contribution >= 0.6 is 0 Å². The van der Waals surface area contributed by atoms with Gasteiger partial charge in [0, 0.05) is 25.6 Å². The van der Waals surface area contributed by atoms with E-state index in [2.05, 4.69) is 6.92 Å². The van der Waals surface area contributed by atoms with E-state index in [1.165, 1.54) is 19.3 Å². The summed E-state index contributed by atoms with van der Waals surface area (Å²) >= 11 is 0. The topological polar surface area (TPSA) is 38.5 Å².